The lowest BCUT2D eigenvalue weighted by molar-refractivity contribution is -0.162. The zero-order valence-corrected chi connectivity index (χ0v) is 16.9. The molecular formula is C22H33NO4. The Labute approximate surface area is 162 Å². The van der Waals surface area contributed by atoms with E-state index in [1.54, 1.807) is 0 Å². The highest BCUT2D eigenvalue weighted by Crippen LogP contribution is 2.48. The number of fused-ring (bicyclic) bond motifs is 3. The summed E-state index contributed by atoms with van der Waals surface area (Å²) in [6.45, 7) is 8.77. The number of ether oxygens (including phenoxy) is 2. The van der Waals surface area contributed by atoms with Crippen LogP contribution < -0.4 is 0 Å². The van der Waals surface area contributed by atoms with Gasteiger partial charge in [0.2, 0.25) is 0 Å². The Morgan fingerprint density at radius 3 is 2.78 bits per heavy atom. The largest absolute Gasteiger partial charge is 0.457 e. The number of hydrogen-bond acceptors (Lipinski definition) is 5. The molecule has 0 bridgehead atoms. The third kappa shape index (κ3) is 3.87. The molecule has 150 valence electrons. The molecule has 27 heavy (non-hydrogen) atoms. The number of hydrogen-bond donors (Lipinski definition) is 1. The van der Waals surface area contributed by atoms with Crippen LogP contribution in [0, 0.1) is 11.8 Å². The molecule has 1 aliphatic carbocycles. The first-order chi connectivity index (χ1) is 12.8. The Morgan fingerprint density at radius 1 is 1.37 bits per heavy atom. The van der Waals surface area contributed by atoms with Crippen molar-refractivity contribution in [1.29, 1.82) is 0 Å². The average Bonchev–Trinajstić information content (AvgIpc) is 3.48. The molecule has 3 aliphatic heterocycles. The molecule has 0 amide bonds. The van der Waals surface area contributed by atoms with E-state index in [0.717, 1.165) is 24.5 Å². The molecule has 4 fully saturated rings. The van der Waals surface area contributed by atoms with E-state index in [1.165, 1.54) is 12.8 Å². The maximum absolute atomic E-state index is 12.4. The highest BCUT2D eigenvalue weighted by Gasteiger charge is 2.67. The second-order valence-electron chi connectivity index (χ2n) is 9.44. The van der Waals surface area contributed by atoms with Gasteiger partial charge < -0.3 is 14.6 Å². The summed E-state index contributed by atoms with van der Waals surface area (Å²) in [6, 6.07) is -0.232. The average molecular weight is 376 g/mol. The highest BCUT2D eigenvalue weighted by atomic mass is 16.6. The first-order valence-corrected chi connectivity index (χ1v) is 10.5. The Balaban J connectivity index is 1.59. The molecule has 5 nitrogen and oxygen atoms in total. The molecule has 1 N–H and O–H groups in total. The van der Waals surface area contributed by atoms with Crippen LogP contribution in [0.25, 0.3) is 0 Å². The van der Waals surface area contributed by atoms with Crippen molar-refractivity contribution in [2.24, 2.45) is 11.8 Å². The zero-order valence-electron chi connectivity index (χ0n) is 16.9. The predicted octanol–water partition coefficient (Wildman–Crippen LogP) is 2.83. The van der Waals surface area contributed by atoms with E-state index in [0.29, 0.717) is 6.42 Å². The van der Waals surface area contributed by atoms with Gasteiger partial charge in [0.1, 0.15) is 11.7 Å². The van der Waals surface area contributed by atoms with Gasteiger partial charge in [-0.2, -0.15) is 0 Å². The third-order valence-corrected chi connectivity index (χ3v) is 6.35. The van der Waals surface area contributed by atoms with Gasteiger partial charge in [0, 0.05) is 13.0 Å². The summed E-state index contributed by atoms with van der Waals surface area (Å²) in [6.07, 6.45) is 10.3. The van der Waals surface area contributed by atoms with Crippen molar-refractivity contribution in [2.45, 2.75) is 89.4 Å². The first-order valence-electron chi connectivity index (χ1n) is 10.5. The fourth-order valence-corrected chi connectivity index (χ4v) is 4.76. The van der Waals surface area contributed by atoms with Gasteiger partial charge in [0.25, 0.3) is 0 Å². The van der Waals surface area contributed by atoms with E-state index >= 15 is 0 Å². The number of piperidine rings is 1. The molecule has 0 radical (unpaired) electrons. The molecule has 3 heterocycles. The number of nitrogens with zero attached hydrogens (tertiary/aromatic N) is 1. The molecule has 4 aliphatic rings. The second-order valence-corrected chi connectivity index (χ2v) is 9.44. The summed E-state index contributed by atoms with van der Waals surface area (Å²) in [5, 5.41) is 11.4. The van der Waals surface area contributed by atoms with Gasteiger partial charge in [0.05, 0.1) is 18.2 Å². The maximum atomic E-state index is 12.4. The van der Waals surface area contributed by atoms with E-state index in [4.69, 9.17) is 9.47 Å². The number of carbonyl (C=O) groups is 1. The van der Waals surface area contributed by atoms with Crippen LogP contribution in [0.5, 0.6) is 0 Å². The van der Waals surface area contributed by atoms with Crippen molar-refractivity contribution < 1.29 is 19.4 Å². The van der Waals surface area contributed by atoms with E-state index in [2.05, 4.69) is 30.1 Å². The Morgan fingerprint density at radius 2 is 2.11 bits per heavy atom. The monoisotopic (exact) mass is 375 g/mol. The van der Waals surface area contributed by atoms with Crippen molar-refractivity contribution in [3.63, 3.8) is 0 Å². The summed E-state index contributed by atoms with van der Waals surface area (Å²) in [7, 11) is 0. The summed E-state index contributed by atoms with van der Waals surface area (Å²) >= 11 is 0. The van der Waals surface area contributed by atoms with Crippen LogP contribution in [-0.4, -0.2) is 58.5 Å². The molecule has 0 aromatic heterocycles. The molecular weight excluding hydrogens is 342 g/mol. The minimum absolute atomic E-state index is 0.0563. The highest BCUT2D eigenvalue weighted by molar-refractivity contribution is 5.70. The summed E-state index contributed by atoms with van der Waals surface area (Å²) < 4.78 is 11.7. The van der Waals surface area contributed by atoms with Gasteiger partial charge in [-0.25, -0.2) is 0 Å². The number of aliphatic hydroxyl groups is 1. The number of allylic oxidation sites excluding steroid dienone is 3. The van der Waals surface area contributed by atoms with Crippen LogP contribution in [0.4, 0.5) is 0 Å². The quantitative estimate of drug-likeness (QED) is 0.439. The van der Waals surface area contributed by atoms with Crippen molar-refractivity contribution >= 4 is 5.97 Å². The van der Waals surface area contributed by atoms with Crippen molar-refractivity contribution in [2.75, 3.05) is 6.54 Å². The molecule has 1 saturated carbocycles. The lowest BCUT2D eigenvalue weighted by Crippen LogP contribution is -2.53. The standard InChI is InChI=1S/C22H33NO4/c1-13(2)11-18(24)27-21-16(12-14(3)5-6-15-7-8-15)23-10-9-17-19(26-17)20(23)22(21,4)25/h5-6,12-13,15-17,19-21,25H,7-11H2,1-4H3/t16-,17+,19+,20+,21-,22-/m1/s1. The van der Waals surface area contributed by atoms with Crippen LogP contribution in [0.2, 0.25) is 0 Å². The molecule has 3 saturated heterocycles. The van der Waals surface area contributed by atoms with Gasteiger partial charge in [-0.15, -0.1) is 0 Å². The summed E-state index contributed by atoms with van der Waals surface area (Å²) in [4.78, 5) is 14.7. The van der Waals surface area contributed by atoms with Gasteiger partial charge >= 0.3 is 5.97 Å². The van der Waals surface area contributed by atoms with Crippen LogP contribution in [0.1, 0.15) is 53.4 Å². The normalized spacial score (nSPS) is 41.7. The lowest BCUT2D eigenvalue weighted by atomic mass is 9.88. The topological polar surface area (TPSA) is 62.3 Å². The molecule has 5 heteroatoms. The molecule has 0 spiro atoms. The Kier molecular flexibility index (Phi) is 4.98. The first kappa shape index (κ1) is 19.2. The molecule has 0 unspecified atom stereocenters. The van der Waals surface area contributed by atoms with Crippen molar-refractivity contribution in [3.05, 3.63) is 23.8 Å². The number of rotatable bonds is 6. The van der Waals surface area contributed by atoms with E-state index < -0.39 is 11.7 Å². The second kappa shape index (κ2) is 7.02. The van der Waals surface area contributed by atoms with Gasteiger partial charge in [-0.3, -0.25) is 9.69 Å². The summed E-state index contributed by atoms with van der Waals surface area (Å²) in [5.41, 5.74) is 0.0424. The van der Waals surface area contributed by atoms with Crippen LogP contribution in [0.15, 0.2) is 23.8 Å². The van der Waals surface area contributed by atoms with Crippen molar-refractivity contribution in [1.82, 2.24) is 4.90 Å². The smallest absolute Gasteiger partial charge is 0.306 e. The van der Waals surface area contributed by atoms with Crippen molar-refractivity contribution in [3.8, 4) is 0 Å². The molecule has 4 rings (SSSR count). The maximum Gasteiger partial charge on any atom is 0.306 e. The molecule has 0 aromatic carbocycles. The Bertz CT molecular complexity index is 649. The number of epoxide rings is 1. The predicted molar refractivity (Wildman–Crippen MR) is 103 cm³/mol. The minimum atomic E-state index is -1.12. The molecule has 6 atom stereocenters. The fraction of sp³-hybridized carbons (Fsp3) is 0.773. The van der Waals surface area contributed by atoms with Crippen LogP contribution >= 0.6 is 0 Å². The fourth-order valence-electron chi connectivity index (χ4n) is 4.76. The van der Waals surface area contributed by atoms with E-state index in [1.807, 2.05) is 20.8 Å². The van der Waals surface area contributed by atoms with E-state index in [9.17, 15) is 9.90 Å². The SMILES string of the molecule is CC(C=CC1CC1)=C[C@@H]1[C@@H](OC(=O)CC(C)C)[C@](C)(O)[C@@H]2[C@H]3O[C@H]3CCN12. The number of esters is 1. The van der Waals surface area contributed by atoms with Gasteiger partial charge in [-0.05, 0) is 44.9 Å². The van der Waals surface area contributed by atoms with Crippen LogP contribution in [0.3, 0.4) is 0 Å². The number of carbonyl (C=O) groups excluding carboxylic acids is 1. The summed E-state index contributed by atoms with van der Waals surface area (Å²) in [5.74, 6) is 0.732. The zero-order chi connectivity index (χ0) is 19.3. The molecule has 0 aromatic rings. The minimum Gasteiger partial charge on any atom is -0.457 e. The Hall–Kier alpha value is -1.17. The van der Waals surface area contributed by atoms with E-state index in [-0.39, 0.29) is 36.2 Å². The van der Waals surface area contributed by atoms with Gasteiger partial charge in [-0.1, -0.05) is 37.6 Å². The third-order valence-electron chi connectivity index (χ3n) is 6.35. The van der Waals surface area contributed by atoms with Crippen LogP contribution in [-0.2, 0) is 14.3 Å². The lowest BCUT2D eigenvalue weighted by Gasteiger charge is -2.33. The van der Waals surface area contributed by atoms with Gasteiger partial charge in [0.15, 0.2) is 6.10 Å².